The third-order valence-corrected chi connectivity index (χ3v) is 4.62. The predicted molar refractivity (Wildman–Crippen MR) is 105 cm³/mol. The number of anilines is 1. The normalized spacial score (nSPS) is 14.8. The number of fused-ring (bicyclic) bond motifs is 2. The lowest BCUT2D eigenvalue weighted by molar-refractivity contribution is -0.114. The zero-order chi connectivity index (χ0) is 17.8. The Balaban J connectivity index is 2.08. The number of carbonyl (C=O) groups is 1. The van der Waals surface area contributed by atoms with Crippen LogP contribution in [0, 0.1) is 0 Å². The van der Waals surface area contributed by atoms with Crippen LogP contribution in [0.2, 0.25) is 0 Å². The van der Waals surface area contributed by atoms with Crippen LogP contribution >= 0.6 is 0 Å². The van der Waals surface area contributed by atoms with Crippen molar-refractivity contribution in [2.24, 2.45) is 0 Å². The van der Waals surface area contributed by atoms with Crippen molar-refractivity contribution >= 4 is 17.2 Å². The Hall–Kier alpha value is -2.39. The minimum atomic E-state index is -0.0351. The molecular formula is C22H26N2O. The van der Waals surface area contributed by atoms with E-state index in [4.69, 9.17) is 0 Å². The summed E-state index contributed by atoms with van der Waals surface area (Å²) in [5.41, 5.74) is 7.47. The fraction of sp³-hybridized carbons (Fsp3) is 0.318. The van der Waals surface area contributed by atoms with Gasteiger partial charge in [-0.1, -0.05) is 36.4 Å². The fourth-order valence-electron chi connectivity index (χ4n) is 3.43. The summed E-state index contributed by atoms with van der Waals surface area (Å²) in [6.07, 6.45) is 5.42. The quantitative estimate of drug-likeness (QED) is 0.912. The maximum Gasteiger partial charge on any atom is 0.221 e. The third kappa shape index (κ3) is 4.18. The van der Waals surface area contributed by atoms with Crippen molar-refractivity contribution in [3.05, 3.63) is 70.8 Å². The van der Waals surface area contributed by atoms with Crippen LogP contribution in [0.4, 0.5) is 5.69 Å². The highest BCUT2D eigenvalue weighted by Crippen LogP contribution is 2.35. The first-order chi connectivity index (χ1) is 12.0. The smallest absolute Gasteiger partial charge is 0.221 e. The van der Waals surface area contributed by atoms with Gasteiger partial charge in [-0.05, 0) is 73.3 Å². The van der Waals surface area contributed by atoms with Gasteiger partial charge in [0.25, 0.3) is 0 Å². The number of rotatable bonds is 4. The average Bonchev–Trinajstić information content (AvgIpc) is 2.72. The molecule has 0 saturated carbocycles. The van der Waals surface area contributed by atoms with Gasteiger partial charge in [-0.2, -0.15) is 0 Å². The Bertz CT molecular complexity index is 805. The van der Waals surface area contributed by atoms with Crippen LogP contribution in [-0.2, 0) is 17.6 Å². The maximum absolute atomic E-state index is 11.4. The standard InChI is InChI=1S/C22H26N2O/c1-16(25)23-19-13-12-18-11-10-17-7-4-5-8-20(17)21(22(18)15-19)9-6-14-24(2)3/h4-5,7-9,12-13,15H,6,10-11,14H2,1-3H3,(H,23,25)/b21-9-. The Morgan fingerprint density at radius 1 is 1.08 bits per heavy atom. The van der Waals surface area contributed by atoms with E-state index in [1.807, 2.05) is 6.07 Å². The molecule has 130 valence electrons. The summed E-state index contributed by atoms with van der Waals surface area (Å²) in [6, 6.07) is 15.0. The van der Waals surface area contributed by atoms with Crippen molar-refractivity contribution in [1.82, 2.24) is 4.90 Å². The lowest BCUT2D eigenvalue weighted by Crippen LogP contribution is -2.12. The zero-order valence-corrected chi connectivity index (χ0v) is 15.3. The van der Waals surface area contributed by atoms with Crippen molar-refractivity contribution < 1.29 is 4.79 Å². The van der Waals surface area contributed by atoms with Gasteiger partial charge >= 0.3 is 0 Å². The molecule has 0 unspecified atom stereocenters. The molecule has 25 heavy (non-hydrogen) atoms. The first-order valence-electron chi connectivity index (χ1n) is 8.88. The number of amides is 1. The van der Waals surface area contributed by atoms with Crippen molar-refractivity contribution in [2.75, 3.05) is 26.0 Å². The van der Waals surface area contributed by atoms with Gasteiger partial charge in [0.1, 0.15) is 0 Å². The fourth-order valence-corrected chi connectivity index (χ4v) is 3.43. The SMILES string of the molecule is CC(=O)Nc1ccc2c(c1)/C(=C\CCN(C)C)c1ccccc1CC2. The molecule has 2 aromatic rings. The van der Waals surface area contributed by atoms with E-state index >= 15 is 0 Å². The van der Waals surface area contributed by atoms with E-state index in [9.17, 15) is 4.79 Å². The molecule has 1 aliphatic carbocycles. The molecule has 0 fully saturated rings. The highest BCUT2D eigenvalue weighted by Gasteiger charge is 2.18. The van der Waals surface area contributed by atoms with Gasteiger partial charge in [0.15, 0.2) is 0 Å². The number of carbonyl (C=O) groups excluding carboxylic acids is 1. The molecule has 0 atom stereocenters. The number of benzene rings is 2. The maximum atomic E-state index is 11.4. The molecule has 3 nitrogen and oxygen atoms in total. The van der Waals surface area contributed by atoms with Crippen LogP contribution in [0.1, 0.15) is 35.6 Å². The average molecular weight is 334 g/mol. The number of hydrogen-bond acceptors (Lipinski definition) is 2. The van der Waals surface area contributed by atoms with E-state index in [0.29, 0.717) is 0 Å². The van der Waals surface area contributed by atoms with E-state index in [0.717, 1.165) is 31.5 Å². The van der Waals surface area contributed by atoms with Gasteiger partial charge in [0, 0.05) is 19.2 Å². The summed E-state index contributed by atoms with van der Waals surface area (Å²) in [5, 5.41) is 2.92. The second-order valence-corrected chi connectivity index (χ2v) is 6.92. The Morgan fingerprint density at radius 3 is 2.52 bits per heavy atom. The summed E-state index contributed by atoms with van der Waals surface area (Å²) in [5.74, 6) is -0.0351. The Labute approximate surface area is 150 Å². The molecule has 0 aromatic heterocycles. The second-order valence-electron chi connectivity index (χ2n) is 6.92. The lowest BCUT2D eigenvalue weighted by atomic mass is 9.92. The molecule has 3 heteroatoms. The molecule has 1 amide bonds. The second kappa shape index (κ2) is 7.66. The van der Waals surface area contributed by atoms with Crippen molar-refractivity contribution in [3.63, 3.8) is 0 Å². The Kier molecular flexibility index (Phi) is 5.34. The summed E-state index contributed by atoms with van der Waals surface area (Å²) >= 11 is 0. The highest BCUT2D eigenvalue weighted by molar-refractivity contribution is 5.91. The van der Waals surface area contributed by atoms with E-state index in [-0.39, 0.29) is 5.91 Å². The molecule has 3 rings (SSSR count). The molecule has 1 N–H and O–H groups in total. The number of hydrogen-bond donors (Lipinski definition) is 1. The molecule has 0 spiro atoms. The van der Waals surface area contributed by atoms with Crippen LogP contribution in [0.15, 0.2) is 48.5 Å². The molecule has 0 saturated heterocycles. The molecule has 1 aliphatic rings. The van der Waals surface area contributed by atoms with Crippen molar-refractivity contribution in [1.29, 1.82) is 0 Å². The molecule has 0 heterocycles. The van der Waals surface area contributed by atoms with E-state index in [1.165, 1.54) is 27.8 Å². The predicted octanol–water partition coefficient (Wildman–Crippen LogP) is 4.13. The van der Waals surface area contributed by atoms with Crippen LogP contribution in [-0.4, -0.2) is 31.4 Å². The minimum Gasteiger partial charge on any atom is -0.326 e. The van der Waals surface area contributed by atoms with Gasteiger partial charge in [-0.3, -0.25) is 4.79 Å². The molecule has 2 aromatic carbocycles. The molecular weight excluding hydrogens is 308 g/mol. The summed E-state index contributed by atoms with van der Waals surface area (Å²) in [4.78, 5) is 13.6. The van der Waals surface area contributed by atoms with Crippen molar-refractivity contribution in [3.8, 4) is 0 Å². The van der Waals surface area contributed by atoms with Crippen LogP contribution in [0.3, 0.4) is 0 Å². The van der Waals surface area contributed by atoms with Gasteiger partial charge in [-0.25, -0.2) is 0 Å². The molecule has 0 radical (unpaired) electrons. The number of nitrogens with zero attached hydrogens (tertiary/aromatic N) is 1. The van der Waals surface area contributed by atoms with Gasteiger partial charge < -0.3 is 10.2 Å². The first-order valence-corrected chi connectivity index (χ1v) is 8.88. The molecule has 0 bridgehead atoms. The topological polar surface area (TPSA) is 32.3 Å². The molecule has 0 aliphatic heterocycles. The van der Waals surface area contributed by atoms with Gasteiger partial charge in [-0.15, -0.1) is 0 Å². The van der Waals surface area contributed by atoms with Crippen LogP contribution in [0.5, 0.6) is 0 Å². The lowest BCUT2D eigenvalue weighted by Gasteiger charge is -2.15. The summed E-state index contributed by atoms with van der Waals surface area (Å²) < 4.78 is 0. The van der Waals surface area contributed by atoms with Crippen LogP contribution < -0.4 is 5.32 Å². The van der Waals surface area contributed by atoms with E-state index < -0.39 is 0 Å². The first kappa shape index (κ1) is 17.4. The third-order valence-electron chi connectivity index (χ3n) is 4.62. The van der Waals surface area contributed by atoms with Gasteiger partial charge in [0.2, 0.25) is 5.91 Å². The largest absolute Gasteiger partial charge is 0.326 e. The summed E-state index contributed by atoms with van der Waals surface area (Å²) in [7, 11) is 4.20. The minimum absolute atomic E-state index is 0.0351. The number of nitrogens with one attached hydrogen (secondary N) is 1. The van der Waals surface area contributed by atoms with E-state index in [2.05, 4.69) is 66.8 Å². The zero-order valence-electron chi connectivity index (χ0n) is 15.3. The van der Waals surface area contributed by atoms with Crippen molar-refractivity contribution in [2.45, 2.75) is 26.2 Å². The Morgan fingerprint density at radius 2 is 1.80 bits per heavy atom. The van der Waals surface area contributed by atoms with Gasteiger partial charge in [0.05, 0.1) is 0 Å². The number of aryl methyl sites for hydroxylation is 2. The highest BCUT2D eigenvalue weighted by atomic mass is 16.1. The van der Waals surface area contributed by atoms with Crippen LogP contribution in [0.25, 0.3) is 5.57 Å². The summed E-state index contributed by atoms with van der Waals surface area (Å²) in [6.45, 7) is 2.57. The van der Waals surface area contributed by atoms with E-state index in [1.54, 1.807) is 6.92 Å². The monoisotopic (exact) mass is 334 g/mol.